The van der Waals surface area contributed by atoms with Gasteiger partial charge in [0.2, 0.25) is 0 Å². The average Bonchev–Trinajstić information content (AvgIpc) is 3.05. The second kappa shape index (κ2) is 8.16. The fourth-order valence-corrected chi connectivity index (χ4v) is 3.62. The molecule has 2 N–H and O–H groups in total. The van der Waals surface area contributed by atoms with Gasteiger partial charge in [-0.1, -0.05) is 12.1 Å². The highest BCUT2D eigenvalue weighted by Crippen LogP contribution is 2.20. The Morgan fingerprint density at radius 3 is 2.85 bits per heavy atom. The van der Waals surface area contributed by atoms with Crippen LogP contribution in [0.25, 0.3) is 10.9 Å². The van der Waals surface area contributed by atoms with Crippen LogP contribution in [0.1, 0.15) is 19.3 Å². The van der Waals surface area contributed by atoms with Crippen molar-refractivity contribution in [1.82, 2.24) is 14.9 Å². The van der Waals surface area contributed by atoms with Crippen LogP contribution in [0.15, 0.2) is 24.3 Å². The summed E-state index contributed by atoms with van der Waals surface area (Å²) in [5, 5.41) is 0.841. The van der Waals surface area contributed by atoms with Crippen LogP contribution in [0.4, 0.5) is 5.82 Å². The van der Waals surface area contributed by atoms with Crippen LogP contribution in [0.5, 0.6) is 6.01 Å². The second-order valence-electron chi connectivity index (χ2n) is 6.96. The van der Waals surface area contributed by atoms with E-state index < -0.39 is 0 Å². The van der Waals surface area contributed by atoms with E-state index in [1.165, 1.54) is 6.42 Å². The van der Waals surface area contributed by atoms with Gasteiger partial charge in [0.25, 0.3) is 0 Å². The van der Waals surface area contributed by atoms with Crippen LogP contribution in [-0.2, 0) is 9.47 Å². The van der Waals surface area contributed by atoms with Gasteiger partial charge in [-0.05, 0) is 31.4 Å². The summed E-state index contributed by atoms with van der Waals surface area (Å²) in [6.45, 7) is 4.90. The summed E-state index contributed by atoms with van der Waals surface area (Å²) in [6, 6.07) is 7.97. The van der Waals surface area contributed by atoms with Crippen molar-refractivity contribution in [3.8, 4) is 6.01 Å². The number of aromatic nitrogens is 2. The highest BCUT2D eigenvalue weighted by atomic mass is 16.5. The third-order valence-electron chi connectivity index (χ3n) is 4.93. The summed E-state index contributed by atoms with van der Waals surface area (Å²) >= 11 is 0. The largest absolute Gasteiger partial charge is 0.461 e. The molecule has 140 valence electrons. The minimum atomic E-state index is -0.00445. The number of nitrogens with zero attached hydrogens (tertiary/aromatic N) is 3. The number of nitrogen functional groups attached to an aromatic ring is 1. The quantitative estimate of drug-likeness (QED) is 0.873. The Hall–Kier alpha value is -1.96. The van der Waals surface area contributed by atoms with Gasteiger partial charge in [0.05, 0.1) is 11.6 Å². The van der Waals surface area contributed by atoms with Gasteiger partial charge < -0.3 is 19.9 Å². The van der Waals surface area contributed by atoms with E-state index in [0.717, 1.165) is 56.6 Å². The van der Waals surface area contributed by atoms with Gasteiger partial charge in [-0.3, -0.25) is 4.90 Å². The van der Waals surface area contributed by atoms with Crippen molar-refractivity contribution in [2.24, 2.45) is 0 Å². The van der Waals surface area contributed by atoms with Crippen LogP contribution in [0, 0.1) is 0 Å². The lowest BCUT2D eigenvalue weighted by molar-refractivity contribution is 0.0106. The molecule has 2 aromatic rings. The van der Waals surface area contributed by atoms with Gasteiger partial charge in [-0.25, -0.2) is 0 Å². The SMILES string of the molecule is Nc1nc(OCC2CN(CC3CCCO3)CCCO2)nc2ccccc12. The zero-order chi connectivity index (χ0) is 17.8. The Labute approximate surface area is 153 Å². The van der Waals surface area contributed by atoms with E-state index in [9.17, 15) is 0 Å². The van der Waals surface area contributed by atoms with E-state index in [2.05, 4.69) is 14.9 Å². The van der Waals surface area contributed by atoms with Crippen LogP contribution < -0.4 is 10.5 Å². The molecule has 26 heavy (non-hydrogen) atoms. The van der Waals surface area contributed by atoms with Crippen molar-refractivity contribution < 1.29 is 14.2 Å². The molecule has 0 radical (unpaired) electrons. The fourth-order valence-electron chi connectivity index (χ4n) is 3.62. The molecule has 4 rings (SSSR count). The first-order valence-corrected chi connectivity index (χ1v) is 9.38. The van der Waals surface area contributed by atoms with Gasteiger partial charge in [0.1, 0.15) is 18.5 Å². The Morgan fingerprint density at radius 1 is 1.12 bits per heavy atom. The number of anilines is 1. The lowest BCUT2D eigenvalue weighted by atomic mass is 10.2. The summed E-state index contributed by atoms with van der Waals surface area (Å²) in [6.07, 6.45) is 3.71. The normalized spacial score (nSPS) is 24.6. The van der Waals surface area contributed by atoms with E-state index in [0.29, 0.717) is 24.5 Å². The van der Waals surface area contributed by atoms with Crippen molar-refractivity contribution in [2.75, 3.05) is 45.2 Å². The molecule has 2 fully saturated rings. The lowest BCUT2D eigenvalue weighted by Gasteiger charge is -2.25. The minimum Gasteiger partial charge on any atom is -0.461 e. The Balaban J connectivity index is 1.36. The Kier molecular flexibility index (Phi) is 5.48. The number of fused-ring (bicyclic) bond motifs is 1. The van der Waals surface area contributed by atoms with E-state index in [1.807, 2.05) is 24.3 Å². The predicted molar refractivity (Wildman–Crippen MR) is 99.2 cm³/mol. The molecule has 2 unspecified atom stereocenters. The molecule has 1 aromatic heterocycles. The molecule has 3 heterocycles. The molecule has 2 aliphatic heterocycles. The van der Waals surface area contributed by atoms with Gasteiger partial charge in [-0.2, -0.15) is 9.97 Å². The topological polar surface area (TPSA) is 82.7 Å². The maximum absolute atomic E-state index is 6.02. The summed E-state index contributed by atoms with van der Waals surface area (Å²) in [5.74, 6) is 0.437. The standard InChI is InChI=1S/C19H26N4O3/c20-18-16-6-1-2-7-17(16)21-19(22-18)26-13-15-12-23(8-4-10-25-15)11-14-5-3-9-24-14/h1-2,6-7,14-15H,3-5,8-13H2,(H2,20,21,22). The Bertz CT molecular complexity index is 736. The molecule has 0 saturated carbocycles. The molecule has 2 atom stereocenters. The van der Waals surface area contributed by atoms with E-state index in [4.69, 9.17) is 19.9 Å². The summed E-state index contributed by atoms with van der Waals surface area (Å²) in [4.78, 5) is 11.1. The highest BCUT2D eigenvalue weighted by molar-refractivity contribution is 5.88. The predicted octanol–water partition coefficient (Wildman–Crippen LogP) is 1.86. The van der Waals surface area contributed by atoms with Crippen LogP contribution in [-0.4, -0.2) is 66.5 Å². The van der Waals surface area contributed by atoms with Crippen LogP contribution in [0.2, 0.25) is 0 Å². The molecular weight excluding hydrogens is 332 g/mol. The van der Waals surface area contributed by atoms with Crippen molar-refractivity contribution >= 4 is 16.7 Å². The van der Waals surface area contributed by atoms with Crippen LogP contribution >= 0.6 is 0 Å². The number of para-hydroxylation sites is 1. The van der Waals surface area contributed by atoms with Gasteiger partial charge in [-0.15, -0.1) is 0 Å². The zero-order valence-electron chi connectivity index (χ0n) is 15.0. The number of rotatable bonds is 5. The van der Waals surface area contributed by atoms with Gasteiger partial charge in [0, 0.05) is 38.2 Å². The van der Waals surface area contributed by atoms with E-state index in [1.54, 1.807) is 0 Å². The van der Waals surface area contributed by atoms with Crippen LogP contribution in [0.3, 0.4) is 0 Å². The molecule has 0 amide bonds. The third-order valence-corrected chi connectivity index (χ3v) is 4.93. The lowest BCUT2D eigenvalue weighted by Crippen LogP contribution is -2.39. The van der Waals surface area contributed by atoms with E-state index >= 15 is 0 Å². The maximum Gasteiger partial charge on any atom is 0.319 e. The molecule has 0 aliphatic carbocycles. The first-order valence-electron chi connectivity index (χ1n) is 9.38. The zero-order valence-corrected chi connectivity index (χ0v) is 15.0. The first kappa shape index (κ1) is 17.5. The second-order valence-corrected chi connectivity index (χ2v) is 6.96. The number of hydrogen-bond donors (Lipinski definition) is 1. The summed E-state index contributed by atoms with van der Waals surface area (Å²) < 4.78 is 17.5. The highest BCUT2D eigenvalue weighted by Gasteiger charge is 2.24. The number of benzene rings is 1. The smallest absolute Gasteiger partial charge is 0.319 e. The summed E-state index contributed by atoms with van der Waals surface area (Å²) in [5.41, 5.74) is 6.81. The number of nitrogens with two attached hydrogens (primary N) is 1. The molecule has 7 heteroatoms. The average molecular weight is 358 g/mol. The number of hydrogen-bond acceptors (Lipinski definition) is 7. The molecule has 2 saturated heterocycles. The van der Waals surface area contributed by atoms with Crippen molar-refractivity contribution in [3.63, 3.8) is 0 Å². The van der Waals surface area contributed by atoms with Crippen molar-refractivity contribution in [3.05, 3.63) is 24.3 Å². The molecule has 7 nitrogen and oxygen atoms in total. The first-order chi connectivity index (χ1) is 12.8. The molecule has 2 aliphatic rings. The third kappa shape index (κ3) is 4.23. The van der Waals surface area contributed by atoms with Gasteiger partial charge in [0.15, 0.2) is 0 Å². The number of ether oxygens (including phenoxy) is 3. The minimum absolute atomic E-state index is 0.00445. The molecule has 1 aromatic carbocycles. The van der Waals surface area contributed by atoms with E-state index in [-0.39, 0.29) is 6.10 Å². The monoisotopic (exact) mass is 358 g/mol. The molecular formula is C19H26N4O3. The summed E-state index contributed by atoms with van der Waals surface area (Å²) in [7, 11) is 0. The Morgan fingerprint density at radius 2 is 1.96 bits per heavy atom. The molecule has 0 spiro atoms. The fraction of sp³-hybridized carbons (Fsp3) is 0.579. The van der Waals surface area contributed by atoms with Crippen molar-refractivity contribution in [2.45, 2.75) is 31.5 Å². The van der Waals surface area contributed by atoms with Crippen molar-refractivity contribution in [1.29, 1.82) is 0 Å². The van der Waals surface area contributed by atoms with Gasteiger partial charge >= 0.3 is 6.01 Å². The molecule has 0 bridgehead atoms. The maximum atomic E-state index is 6.02.